The molecular formula is C11H22OS. The van der Waals surface area contributed by atoms with Crippen LogP contribution in [-0.2, 0) is 4.74 Å². The molecular weight excluding hydrogens is 180 g/mol. The van der Waals surface area contributed by atoms with Crippen molar-refractivity contribution in [1.29, 1.82) is 0 Å². The summed E-state index contributed by atoms with van der Waals surface area (Å²) in [5, 5.41) is 0.517. The Kier molecular flexibility index (Phi) is 4.60. The van der Waals surface area contributed by atoms with Gasteiger partial charge in [0, 0.05) is 18.5 Å². The van der Waals surface area contributed by atoms with Gasteiger partial charge in [-0.15, -0.1) is 0 Å². The molecule has 1 saturated heterocycles. The highest BCUT2D eigenvalue weighted by Gasteiger charge is 2.28. The Balaban J connectivity index is 2.52. The van der Waals surface area contributed by atoms with E-state index in [0.29, 0.717) is 5.25 Å². The zero-order valence-corrected chi connectivity index (χ0v) is 9.89. The minimum atomic E-state index is 0.517. The van der Waals surface area contributed by atoms with Crippen LogP contribution in [0, 0.1) is 17.8 Å². The van der Waals surface area contributed by atoms with E-state index in [9.17, 15) is 0 Å². The summed E-state index contributed by atoms with van der Waals surface area (Å²) >= 11 is 4.60. The molecule has 1 heterocycles. The first-order valence-electron chi connectivity index (χ1n) is 5.38. The van der Waals surface area contributed by atoms with Gasteiger partial charge in [0.15, 0.2) is 0 Å². The maximum Gasteiger partial charge on any atom is 0.0468 e. The van der Waals surface area contributed by atoms with Crippen molar-refractivity contribution in [2.24, 2.45) is 17.8 Å². The zero-order chi connectivity index (χ0) is 9.84. The third-order valence-electron chi connectivity index (χ3n) is 3.14. The Bertz CT molecular complexity index is 131. The molecule has 0 bridgehead atoms. The number of hydrogen-bond donors (Lipinski definition) is 1. The van der Waals surface area contributed by atoms with Crippen LogP contribution >= 0.6 is 12.6 Å². The average Bonchev–Trinajstić information content (AvgIpc) is 2.04. The summed E-state index contributed by atoms with van der Waals surface area (Å²) in [5.41, 5.74) is 0. The Morgan fingerprint density at radius 1 is 1.15 bits per heavy atom. The van der Waals surface area contributed by atoms with E-state index in [4.69, 9.17) is 4.74 Å². The normalized spacial score (nSPS) is 24.7. The molecule has 13 heavy (non-hydrogen) atoms. The molecule has 1 fully saturated rings. The molecule has 1 aliphatic heterocycles. The first-order chi connectivity index (χ1) is 6.13. The monoisotopic (exact) mass is 202 g/mol. The van der Waals surface area contributed by atoms with Gasteiger partial charge in [0.25, 0.3) is 0 Å². The van der Waals surface area contributed by atoms with Crippen LogP contribution in [-0.4, -0.2) is 18.5 Å². The maximum atomic E-state index is 5.38. The highest BCUT2D eigenvalue weighted by Crippen LogP contribution is 2.33. The SMILES string of the molecule is CC(C)C(C(C)S)C1CCOCC1. The van der Waals surface area contributed by atoms with Crippen molar-refractivity contribution < 1.29 is 4.74 Å². The number of thiol groups is 1. The van der Waals surface area contributed by atoms with E-state index in [2.05, 4.69) is 33.4 Å². The summed E-state index contributed by atoms with van der Waals surface area (Å²) in [6.07, 6.45) is 2.46. The molecule has 0 aromatic heterocycles. The van der Waals surface area contributed by atoms with Crippen LogP contribution in [0.1, 0.15) is 33.6 Å². The largest absolute Gasteiger partial charge is 0.381 e. The van der Waals surface area contributed by atoms with Gasteiger partial charge in [-0.1, -0.05) is 20.8 Å². The molecule has 78 valence electrons. The van der Waals surface area contributed by atoms with Crippen LogP contribution in [0.15, 0.2) is 0 Å². The van der Waals surface area contributed by atoms with E-state index in [1.807, 2.05) is 0 Å². The zero-order valence-electron chi connectivity index (χ0n) is 8.99. The predicted octanol–water partition coefficient (Wildman–Crippen LogP) is 3.00. The molecule has 0 aromatic carbocycles. The van der Waals surface area contributed by atoms with Crippen LogP contribution in [0.5, 0.6) is 0 Å². The molecule has 1 aliphatic rings. The lowest BCUT2D eigenvalue weighted by molar-refractivity contribution is 0.0379. The van der Waals surface area contributed by atoms with Crippen molar-refractivity contribution in [3.8, 4) is 0 Å². The van der Waals surface area contributed by atoms with Gasteiger partial charge in [-0.05, 0) is 30.6 Å². The molecule has 0 saturated carbocycles. The second kappa shape index (κ2) is 5.26. The van der Waals surface area contributed by atoms with Crippen molar-refractivity contribution in [2.75, 3.05) is 13.2 Å². The Hall–Kier alpha value is 0.310. The van der Waals surface area contributed by atoms with Gasteiger partial charge >= 0.3 is 0 Å². The van der Waals surface area contributed by atoms with Gasteiger partial charge in [0.05, 0.1) is 0 Å². The van der Waals surface area contributed by atoms with E-state index in [1.54, 1.807) is 0 Å². The van der Waals surface area contributed by atoms with Gasteiger partial charge in [0.1, 0.15) is 0 Å². The molecule has 1 rings (SSSR count). The summed E-state index contributed by atoms with van der Waals surface area (Å²) in [4.78, 5) is 0. The smallest absolute Gasteiger partial charge is 0.0468 e. The Morgan fingerprint density at radius 2 is 1.69 bits per heavy atom. The second-order valence-electron chi connectivity index (χ2n) is 4.51. The average molecular weight is 202 g/mol. The second-order valence-corrected chi connectivity index (χ2v) is 5.33. The summed E-state index contributed by atoms with van der Waals surface area (Å²) in [6.45, 7) is 8.76. The molecule has 0 amide bonds. The minimum absolute atomic E-state index is 0.517. The summed E-state index contributed by atoms with van der Waals surface area (Å²) in [7, 11) is 0. The van der Waals surface area contributed by atoms with Gasteiger partial charge in [-0.2, -0.15) is 12.6 Å². The summed E-state index contributed by atoms with van der Waals surface area (Å²) in [5.74, 6) is 2.34. The number of hydrogen-bond acceptors (Lipinski definition) is 2. The molecule has 0 aromatic rings. The molecule has 0 N–H and O–H groups in total. The van der Waals surface area contributed by atoms with E-state index < -0.39 is 0 Å². The molecule has 2 heteroatoms. The highest BCUT2D eigenvalue weighted by molar-refractivity contribution is 7.80. The van der Waals surface area contributed by atoms with Crippen molar-refractivity contribution in [3.05, 3.63) is 0 Å². The van der Waals surface area contributed by atoms with Crippen LogP contribution in [0.4, 0.5) is 0 Å². The standard InChI is InChI=1S/C11H22OS/c1-8(2)11(9(3)13)10-4-6-12-7-5-10/h8-11,13H,4-7H2,1-3H3. The molecule has 2 unspecified atom stereocenters. The van der Waals surface area contributed by atoms with Gasteiger partial charge < -0.3 is 4.74 Å². The van der Waals surface area contributed by atoms with Crippen LogP contribution in [0.3, 0.4) is 0 Å². The maximum absolute atomic E-state index is 5.38. The first kappa shape index (κ1) is 11.4. The summed E-state index contributed by atoms with van der Waals surface area (Å²) in [6, 6.07) is 0. The van der Waals surface area contributed by atoms with Gasteiger partial charge in [0.2, 0.25) is 0 Å². The van der Waals surface area contributed by atoms with E-state index in [0.717, 1.165) is 31.0 Å². The third kappa shape index (κ3) is 3.17. The minimum Gasteiger partial charge on any atom is -0.381 e. The van der Waals surface area contributed by atoms with E-state index in [1.165, 1.54) is 12.8 Å². The Morgan fingerprint density at radius 3 is 2.08 bits per heavy atom. The van der Waals surface area contributed by atoms with Gasteiger partial charge in [-0.3, -0.25) is 0 Å². The van der Waals surface area contributed by atoms with Crippen LogP contribution in [0.25, 0.3) is 0 Å². The van der Waals surface area contributed by atoms with E-state index in [-0.39, 0.29) is 0 Å². The van der Waals surface area contributed by atoms with Crippen molar-refractivity contribution in [1.82, 2.24) is 0 Å². The van der Waals surface area contributed by atoms with Crippen LogP contribution < -0.4 is 0 Å². The lowest BCUT2D eigenvalue weighted by Crippen LogP contribution is -2.31. The van der Waals surface area contributed by atoms with Crippen LogP contribution in [0.2, 0.25) is 0 Å². The molecule has 0 radical (unpaired) electrons. The lowest BCUT2D eigenvalue weighted by Gasteiger charge is -2.35. The molecule has 2 atom stereocenters. The number of rotatable bonds is 3. The topological polar surface area (TPSA) is 9.23 Å². The quantitative estimate of drug-likeness (QED) is 0.692. The van der Waals surface area contributed by atoms with Crippen molar-refractivity contribution >= 4 is 12.6 Å². The number of ether oxygens (including phenoxy) is 1. The Labute approximate surface area is 87.7 Å². The third-order valence-corrected chi connectivity index (χ3v) is 3.48. The van der Waals surface area contributed by atoms with Crippen molar-refractivity contribution in [3.63, 3.8) is 0 Å². The predicted molar refractivity (Wildman–Crippen MR) is 60.3 cm³/mol. The highest BCUT2D eigenvalue weighted by atomic mass is 32.1. The summed E-state index contributed by atoms with van der Waals surface area (Å²) < 4.78 is 5.38. The van der Waals surface area contributed by atoms with Crippen molar-refractivity contribution in [2.45, 2.75) is 38.9 Å². The molecule has 0 aliphatic carbocycles. The first-order valence-corrected chi connectivity index (χ1v) is 5.90. The molecule has 1 nitrogen and oxygen atoms in total. The van der Waals surface area contributed by atoms with E-state index >= 15 is 0 Å². The molecule has 0 spiro atoms. The fraction of sp³-hybridized carbons (Fsp3) is 1.00. The van der Waals surface area contributed by atoms with Gasteiger partial charge in [-0.25, -0.2) is 0 Å². The lowest BCUT2D eigenvalue weighted by atomic mass is 9.77. The fourth-order valence-corrected chi connectivity index (χ4v) is 3.18. The fourth-order valence-electron chi connectivity index (χ4n) is 2.60.